The number of unbranched alkanes of at least 4 members (excludes halogenated alkanes) is 1. The number of benzene rings is 1. The Morgan fingerprint density at radius 2 is 1.83 bits per heavy atom. The summed E-state index contributed by atoms with van der Waals surface area (Å²) in [5.41, 5.74) is 4.63. The van der Waals surface area contributed by atoms with E-state index in [0.717, 1.165) is 66.1 Å². The number of pyridine rings is 1. The fraction of sp³-hybridized carbons (Fsp3) is 0.308. The van der Waals surface area contributed by atoms with Crippen LogP contribution >= 0.6 is 0 Å². The van der Waals surface area contributed by atoms with Gasteiger partial charge in [-0.3, -0.25) is 14.1 Å². The zero-order chi connectivity index (χ0) is 24.9. The Hall–Kier alpha value is -4.34. The molecule has 0 spiro atoms. The maximum Gasteiger partial charge on any atom is 0.334 e. The van der Waals surface area contributed by atoms with Gasteiger partial charge in [0.1, 0.15) is 5.82 Å². The van der Waals surface area contributed by atoms with Crippen LogP contribution in [0, 0.1) is 0 Å². The van der Waals surface area contributed by atoms with Gasteiger partial charge in [-0.25, -0.2) is 9.48 Å². The van der Waals surface area contributed by atoms with Crippen LogP contribution in [0.5, 0.6) is 0 Å². The minimum Gasteiger partial charge on any atom is -0.290 e. The molecule has 0 saturated heterocycles. The van der Waals surface area contributed by atoms with Crippen LogP contribution < -0.4 is 5.69 Å². The molecule has 10 nitrogen and oxygen atoms in total. The largest absolute Gasteiger partial charge is 0.334 e. The van der Waals surface area contributed by atoms with E-state index in [1.165, 1.54) is 0 Å². The molecular formula is C26H29N9O. The smallest absolute Gasteiger partial charge is 0.290 e. The number of aromatic nitrogens is 9. The van der Waals surface area contributed by atoms with Gasteiger partial charge in [-0.1, -0.05) is 38.5 Å². The Bertz CT molecular complexity index is 1490. The highest BCUT2D eigenvalue weighted by atomic mass is 16.1. The molecule has 4 heterocycles. The molecule has 4 aromatic heterocycles. The lowest BCUT2D eigenvalue weighted by molar-refractivity contribution is 0.581. The van der Waals surface area contributed by atoms with Crippen LogP contribution in [0.3, 0.4) is 0 Å². The second-order valence-corrected chi connectivity index (χ2v) is 8.73. The van der Waals surface area contributed by atoms with Crippen molar-refractivity contribution in [2.24, 2.45) is 0 Å². The van der Waals surface area contributed by atoms with Crippen molar-refractivity contribution in [3.05, 3.63) is 82.9 Å². The van der Waals surface area contributed by atoms with Crippen molar-refractivity contribution in [2.45, 2.75) is 52.6 Å². The van der Waals surface area contributed by atoms with Crippen LogP contribution in [0.2, 0.25) is 0 Å². The molecule has 0 atom stereocenters. The van der Waals surface area contributed by atoms with Gasteiger partial charge in [0.15, 0.2) is 0 Å². The minimum absolute atomic E-state index is 0.0785. The number of aromatic amines is 1. The van der Waals surface area contributed by atoms with E-state index in [1.807, 2.05) is 57.9 Å². The molecular weight excluding hydrogens is 454 g/mol. The molecule has 1 aromatic carbocycles. The van der Waals surface area contributed by atoms with Crippen LogP contribution in [-0.2, 0) is 19.5 Å². The van der Waals surface area contributed by atoms with Crippen molar-refractivity contribution in [3.63, 3.8) is 0 Å². The number of tetrazole rings is 1. The monoisotopic (exact) mass is 483 g/mol. The third-order valence-corrected chi connectivity index (χ3v) is 6.16. The summed E-state index contributed by atoms with van der Waals surface area (Å²) < 4.78 is 5.43. The summed E-state index contributed by atoms with van der Waals surface area (Å²) in [4.78, 5) is 18.2. The zero-order valence-corrected chi connectivity index (χ0v) is 20.5. The molecule has 0 radical (unpaired) electrons. The first-order valence-electron chi connectivity index (χ1n) is 12.3. The Morgan fingerprint density at radius 1 is 0.972 bits per heavy atom. The molecule has 1 N–H and O–H groups in total. The van der Waals surface area contributed by atoms with Gasteiger partial charge >= 0.3 is 5.69 Å². The molecule has 0 amide bonds. The lowest BCUT2D eigenvalue weighted by atomic mass is 10.0. The first kappa shape index (κ1) is 23.4. The van der Waals surface area contributed by atoms with Gasteiger partial charge in [0.05, 0.1) is 18.4 Å². The SMILES string of the molecule is CCCCc1cn(-c2ccnn2CCC)c(=O)n1Cc1cc(-c2cccc(-c3nn[nH]n3)c2)ccn1. The Balaban J connectivity index is 1.49. The number of hydrogen-bond donors (Lipinski definition) is 1. The number of nitrogens with zero attached hydrogens (tertiary/aromatic N) is 8. The third kappa shape index (κ3) is 4.74. The predicted molar refractivity (Wildman–Crippen MR) is 137 cm³/mol. The lowest BCUT2D eigenvalue weighted by Gasteiger charge is -2.09. The van der Waals surface area contributed by atoms with Crippen LogP contribution in [0.4, 0.5) is 0 Å². The topological polar surface area (TPSA) is 112 Å². The van der Waals surface area contributed by atoms with E-state index in [4.69, 9.17) is 0 Å². The summed E-state index contributed by atoms with van der Waals surface area (Å²) >= 11 is 0. The van der Waals surface area contributed by atoms with Crippen molar-refractivity contribution >= 4 is 0 Å². The number of rotatable bonds is 10. The molecule has 10 heteroatoms. The van der Waals surface area contributed by atoms with E-state index in [-0.39, 0.29) is 5.69 Å². The predicted octanol–water partition coefficient (Wildman–Crippen LogP) is 3.88. The Labute approximate surface area is 208 Å². The number of hydrogen-bond acceptors (Lipinski definition) is 6. The Kier molecular flexibility index (Phi) is 6.83. The number of aryl methyl sites for hydroxylation is 2. The minimum atomic E-state index is -0.0785. The van der Waals surface area contributed by atoms with Crippen molar-refractivity contribution in [2.75, 3.05) is 0 Å². The number of imidazole rings is 1. The van der Waals surface area contributed by atoms with E-state index in [1.54, 1.807) is 17.0 Å². The molecule has 0 bridgehead atoms. The average molecular weight is 484 g/mol. The van der Waals surface area contributed by atoms with E-state index in [2.05, 4.69) is 44.6 Å². The fourth-order valence-electron chi connectivity index (χ4n) is 4.36. The summed E-state index contributed by atoms with van der Waals surface area (Å²) in [5, 5.41) is 18.7. The van der Waals surface area contributed by atoms with Gasteiger partial charge in [0.25, 0.3) is 0 Å². The summed E-state index contributed by atoms with van der Waals surface area (Å²) in [6, 6.07) is 13.9. The van der Waals surface area contributed by atoms with Crippen molar-refractivity contribution < 1.29 is 0 Å². The second-order valence-electron chi connectivity index (χ2n) is 8.73. The quantitative estimate of drug-likeness (QED) is 0.323. The van der Waals surface area contributed by atoms with Crippen LogP contribution in [-0.4, -0.2) is 44.5 Å². The third-order valence-electron chi connectivity index (χ3n) is 6.16. The average Bonchev–Trinajstić information content (AvgIpc) is 3.66. The van der Waals surface area contributed by atoms with Gasteiger partial charge in [-0.05, 0) is 53.8 Å². The van der Waals surface area contributed by atoms with Crippen molar-refractivity contribution in [3.8, 4) is 28.3 Å². The Morgan fingerprint density at radius 3 is 2.64 bits per heavy atom. The molecule has 0 saturated carbocycles. The van der Waals surface area contributed by atoms with Crippen LogP contribution in [0.25, 0.3) is 28.3 Å². The van der Waals surface area contributed by atoms with Gasteiger partial charge < -0.3 is 0 Å². The molecule has 5 aromatic rings. The highest BCUT2D eigenvalue weighted by Crippen LogP contribution is 2.24. The molecule has 0 unspecified atom stereocenters. The van der Waals surface area contributed by atoms with Gasteiger partial charge in [-0.2, -0.15) is 10.3 Å². The fourth-order valence-corrected chi connectivity index (χ4v) is 4.36. The summed E-state index contributed by atoms with van der Waals surface area (Å²) in [6.45, 7) is 5.41. The van der Waals surface area contributed by atoms with Crippen molar-refractivity contribution in [1.29, 1.82) is 0 Å². The first-order chi connectivity index (χ1) is 17.7. The van der Waals surface area contributed by atoms with Crippen molar-refractivity contribution in [1.82, 2.24) is 44.5 Å². The van der Waals surface area contributed by atoms with Crippen LogP contribution in [0.15, 0.2) is 65.8 Å². The highest BCUT2D eigenvalue weighted by Gasteiger charge is 2.16. The molecule has 0 aliphatic carbocycles. The summed E-state index contributed by atoms with van der Waals surface area (Å²) in [5.74, 6) is 1.33. The first-order valence-corrected chi connectivity index (χ1v) is 12.3. The van der Waals surface area contributed by atoms with E-state index < -0.39 is 0 Å². The second kappa shape index (κ2) is 10.5. The van der Waals surface area contributed by atoms with Gasteiger partial charge in [0, 0.05) is 36.3 Å². The van der Waals surface area contributed by atoms with Gasteiger partial charge in [-0.15, -0.1) is 10.2 Å². The molecule has 36 heavy (non-hydrogen) atoms. The van der Waals surface area contributed by atoms with E-state index in [9.17, 15) is 4.79 Å². The molecule has 0 aliphatic heterocycles. The maximum atomic E-state index is 13.6. The lowest BCUT2D eigenvalue weighted by Crippen LogP contribution is -2.26. The normalized spacial score (nSPS) is 11.3. The number of H-pyrrole nitrogens is 1. The van der Waals surface area contributed by atoms with Crippen LogP contribution in [0.1, 0.15) is 44.5 Å². The van der Waals surface area contributed by atoms with E-state index >= 15 is 0 Å². The molecule has 5 rings (SSSR count). The standard InChI is InChI=1S/C26H29N9O/c1-3-5-9-23-18-34(24-11-13-28-35(24)14-4-2)26(36)33(23)17-22-16-20(10-12-27-22)19-7-6-8-21(15-19)25-29-31-32-30-25/h6-8,10-13,15-16,18H,3-5,9,14,17H2,1-2H3,(H,29,30,31,32). The number of nitrogens with one attached hydrogen (secondary N) is 1. The summed E-state index contributed by atoms with van der Waals surface area (Å²) in [6.07, 6.45) is 9.32. The highest BCUT2D eigenvalue weighted by molar-refractivity contribution is 5.70. The summed E-state index contributed by atoms with van der Waals surface area (Å²) in [7, 11) is 0. The molecule has 0 aliphatic rings. The molecule has 0 fully saturated rings. The van der Waals surface area contributed by atoms with Gasteiger partial charge in [0.2, 0.25) is 5.82 Å². The van der Waals surface area contributed by atoms with E-state index in [0.29, 0.717) is 12.4 Å². The molecule has 184 valence electrons. The maximum absolute atomic E-state index is 13.6. The zero-order valence-electron chi connectivity index (χ0n) is 20.5.